The summed E-state index contributed by atoms with van der Waals surface area (Å²) in [5.41, 5.74) is 0. The zero-order chi connectivity index (χ0) is 13.8. The van der Waals surface area contributed by atoms with Crippen molar-refractivity contribution in [2.75, 3.05) is 40.3 Å². The van der Waals surface area contributed by atoms with E-state index in [9.17, 15) is 9.59 Å². The Labute approximate surface area is 127 Å². The second-order valence-electron chi connectivity index (χ2n) is 5.76. The van der Waals surface area contributed by atoms with Crippen LogP contribution in [0.2, 0.25) is 0 Å². The van der Waals surface area contributed by atoms with Gasteiger partial charge in [-0.3, -0.25) is 9.59 Å². The first-order valence-corrected chi connectivity index (χ1v) is 7.32. The summed E-state index contributed by atoms with van der Waals surface area (Å²) in [4.78, 5) is 28.1. The van der Waals surface area contributed by atoms with Gasteiger partial charge in [0.25, 0.3) is 0 Å². The molecule has 0 spiro atoms. The van der Waals surface area contributed by atoms with Gasteiger partial charge in [-0.15, -0.1) is 12.4 Å². The van der Waals surface area contributed by atoms with E-state index in [0.717, 1.165) is 45.3 Å². The zero-order valence-corrected chi connectivity index (χ0v) is 13.2. The number of likely N-dealkylation sites (tertiary alicyclic amines) is 1. The molecule has 0 bridgehead atoms. The maximum atomic E-state index is 12.3. The van der Waals surface area contributed by atoms with E-state index >= 15 is 0 Å². The molecular weight excluding hydrogens is 278 g/mol. The van der Waals surface area contributed by atoms with Crippen molar-refractivity contribution in [3.05, 3.63) is 0 Å². The van der Waals surface area contributed by atoms with Crippen molar-refractivity contribution >= 4 is 24.2 Å². The van der Waals surface area contributed by atoms with Gasteiger partial charge in [0.1, 0.15) is 0 Å². The smallest absolute Gasteiger partial charge is 0.227 e. The third kappa shape index (κ3) is 4.35. The summed E-state index contributed by atoms with van der Waals surface area (Å²) in [7, 11) is 3.73. The molecule has 0 aromatic carbocycles. The molecule has 2 aliphatic rings. The fourth-order valence-electron chi connectivity index (χ4n) is 2.67. The monoisotopic (exact) mass is 303 g/mol. The highest BCUT2D eigenvalue weighted by atomic mass is 35.5. The normalized spacial score (nSPS) is 22.1. The quantitative estimate of drug-likeness (QED) is 0.815. The van der Waals surface area contributed by atoms with E-state index in [1.54, 1.807) is 4.90 Å². The van der Waals surface area contributed by atoms with Crippen LogP contribution in [0, 0.1) is 11.8 Å². The number of hydrogen-bond donors (Lipinski definition) is 1. The van der Waals surface area contributed by atoms with Crippen molar-refractivity contribution < 1.29 is 9.59 Å². The summed E-state index contributed by atoms with van der Waals surface area (Å²) in [6.45, 7) is 2.99. The molecule has 1 atom stereocenters. The maximum absolute atomic E-state index is 12.3. The number of halogens is 1. The van der Waals surface area contributed by atoms with E-state index in [1.807, 2.05) is 19.0 Å². The van der Waals surface area contributed by atoms with Crippen LogP contribution in [-0.4, -0.2) is 61.9 Å². The fourth-order valence-corrected chi connectivity index (χ4v) is 2.67. The molecule has 1 N–H and O–H groups in total. The second kappa shape index (κ2) is 7.84. The number of hydrogen-bond acceptors (Lipinski definition) is 3. The molecule has 1 aliphatic heterocycles. The molecule has 1 heterocycles. The molecule has 0 aromatic rings. The van der Waals surface area contributed by atoms with Gasteiger partial charge in [-0.05, 0) is 32.7 Å². The van der Waals surface area contributed by atoms with Crippen LogP contribution in [0.3, 0.4) is 0 Å². The molecule has 1 saturated heterocycles. The van der Waals surface area contributed by atoms with Gasteiger partial charge in [-0.25, -0.2) is 0 Å². The molecule has 2 rings (SSSR count). The lowest BCUT2D eigenvalue weighted by Gasteiger charge is -2.34. The Morgan fingerprint density at radius 2 is 1.95 bits per heavy atom. The Bertz CT molecular complexity index is 347. The standard InChI is InChI=1S/C14H25N3O2.ClH/c1-15-7-9-16(2)13(18)12-4-3-8-17(10-12)14(19)11-5-6-11;/h11-12,15H,3-10H2,1-2H3;1H. The molecular formula is C14H26ClN3O2. The van der Waals surface area contributed by atoms with Gasteiger partial charge >= 0.3 is 0 Å². The third-order valence-corrected chi connectivity index (χ3v) is 4.08. The van der Waals surface area contributed by atoms with Crippen molar-refractivity contribution in [1.29, 1.82) is 0 Å². The van der Waals surface area contributed by atoms with E-state index in [0.29, 0.717) is 6.54 Å². The Morgan fingerprint density at radius 3 is 2.55 bits per heavy atom. The van der Waals surface area contributed by atoms with E-state index in [4.69, 9.17) is 0 Å². The highest BCUT2D eigenvalue weighted by molar-refractivity contribution is 5.85. The van der Waals surface area contributed by atoms with Crippen LogP contribution in [-0.2, 0) is 9.59 Å². The predicted molar refractivity (Wildman–Crippen MR) is 80.8 cm³/mol. The number of rotatable bonds is 5. The molecule has 116 valence electrons. The third-order valence-electron chi connectivity index (χ3n) is 4.08. The van der Waals surface area contributed by atoms with Crippen LogP contribution < -0.4 is 5.32 Å². The molecule has 1 unspecified atom stereocenters. The first kappa shape index (κ1) is 17.2. The number of nitrogens with one attached hydrogen (secondary N) is 1. The minimum atomic E-state index is -0.00157. The molecule has 2 amide bonds. The summed E-state index contributed by atoms with van der Waals surface area (Å²) in [6.07, 6.45) is 3.94. The fraction of sp³-hybridized carbons (Fsp3) is 0.857. The van der Waals surface area contributed by atoms with Crippen molar-refractivity contribution in [2.45, 2.75) is 25.7 Å². The maximum Gasteiger partial charge on any atom is 0.227 e. The average molecular weight is 304 g/mol. The van der Waals surface area contributed by atoms with Gasteiger partial charge in [0, 0.05) is 39.1 Å². The topological polar surface area (TPSA) is 52.7 Å². The highest BCUT2D eigenvalue weighted by Crippen LogP contribution is 2.32. The van der Waals surface area contributed by atoms with Crippen LogP contribution in [0.4, 0.5) is 0 Å². The van der Waals surface area contributed by atoms with E-state index in [2.05, 4.69) is 5.32 Å². The Morgan fingerprint density at radius 1 is 1.25 bits per heavy atom. The summed E-state index contributed by atoms with van der Waals surface area (Å²) in [5.74, 6) is 0.716. The van der Waals surface area contributed by atoms with Gasteiger partial charge in [-0.2, -0.15) is 0 Å². The molecule has 0 aromatic heterocycles. The first-order valence-electron chi connectivity index (χ1n) is 7.32. The van der Waals surface area contributed by atoms with Crippen LogP contribution in [0.15, 0.2) is 0 Å². The second-order valence-corrected chi connectivity index (χ2v) is 5.76. The predicted octanol–water partition coefficient (Wildman–Crippen LogP) is 0.735. The summed E-state index contributed by atoms with van der Waals surface area (Å²) in [5, 5.41) is 3.05. The van der Waals surface area contributed by atoms with E-state index in [1.165, 1.54) is 0 Å². The SMILES string of the molecule is CNCCN(C)C(=O)C1CCCN(C(=O)C2CC2)C1.Cl. The van der Waals surface area contributed by atoms with Crippen molar-refractivity contribution in [3.8, 4) is 0 Å². The van der Waals surface area contributed by atoms with Crippen molar-refractivity contribution in [3.63, 3.8) is 0 Å². The molecule has 20 heavy (non-hydrogen) atoms. The number of piperidine rings is 1. The number of likely N-dealkylation sites (N-methyl/N-ethyl adjacent to an activating group) is 2. The van der Waals surface area contributed by atoms with E-state index in [-0.39, 0.29) is 36.1 Å². The highest BCUT2D eigenvalue weighted by Gasteiger charge is 2.37. The van der Waals surface area contributed by atoms with Crippen LogP contribution in [0.1, 0.15) is 25.7 Å². The Balaban J connectivity index is 0.00000200. The van der Waals surface area contributed by atoms with Gasteiger partial charge in [-0.1, -0.05) is 0 Å². The van der Waals surface area contributed by atoms with Crippen LogP contribution in [0.5, 0.6) is 0 Å². The molecule has 1 aliphatic carbocycles. The Kier molecular flexibility index (Phi) is 6.76. The van der Waals surface area contributed by atoms with Crippen LogP contribution >= 0.6 is 12.4 Å². The lowest BCUT2D eigenvalue weighted by Crippen LogP contribution is -2.47. The molecule has 2 fully saturated rings. The summed E-state index contributed by atoms with van der Waals surface area (Å²) in [6, 6.07) is 0. The van der Waals surface area contributed by atoms with Gasteiger partial charge in [0.05, 0.1) is 5.92 Å². The minimum absolute atomic E-state index is 0. The van der Waals surface area contributed by atoms with Gasteiger partial charge < -0.3 is 15.1 Å². The first-order chi connectivity index (χ1) is 9.13. The summed E-state index contributed by atoms with van der Waals surface area (Å²) >= 11 is 0. The lowest BCUT2D eigenvalue weighted by molar-refractivity contribution is -0.140. The zero-order valence-electron chi connectivity index (χ0n) is 12.4. The van der Waals surface area contributed by atoms with Gasteiger partial charge in [0.15, 0.2) is 0 Å². The molecule has 1 saturated carbocycles. The number of carbonyl (C=O) groups is 2. The largest absolute Gasteiger partial charge is 0.344 e. The lowest BCUT2D eigenvalue weighted by atomic mass is 9.96. The van der Waals surface area contributed by atoms with Crippen LogP contribution in [0.25, 0.3) is 0 Å². The Hall–Kier alpha value is -0.810. The van der Waals surface area contributed by atoms with Crippen molar-refractivity contribution in [2.24, 2.45) is 11.8 Å². The summed E-state index contributed by atoms with van der Waals surface area (Å²) < 4.78 is 0. The van der Waals surface area contributed by atoms with E-state index < -0.39 is 0 Å². The number of carbonyl (C=O) groups excluding carboxylic acids is 2. The number of amides is 2. The average Bonchev–Trinajstić information content (AvgIpc) is 3.27. The van der Waals surface area contributed by atoms with Crippen molar-refractivity contribution in [1.82, 2.24) is 15.1 Å². The van der Waals surface area contributed by atoms with Gasteiger partial charge in [0.2, 0.25) is 11.8 Å². The number of nitrogens with zero attached hydrogens (tertiary/aromatic N) is 2. The molecule has 5 nitrogen and oxygen atoms in total. The molecule has 6 heteroatoms. The molecule has 0 radical (unpaired) electrons. The minimum Gasteiger partial charge on any atom is -0.344 e.